The van der Waals surface area contributed by atoms with E-state index in [0.717, 1.165) is 0 Å². The third-order valence-corrected chi connectivity index (χ3v) is 3.10. The molecule has 17 heavy (non-hydrogen) atoms. The molecule has 0 atom stereocenters. The SMILES string of the molecule is N#CCC[n+]1ccn(CCCCS(=O)(=O)O)c1. The topological polar surface area (TPSA) is 87.0 Å². The first-order valence-corrected chi connectivity index (χ1v) is 6.99. The summed E-state index contributed by atoms with van der Waals surface area (Å²) in [6, 6.07) is 2.07. The largest absolute Gasteiger partial charge is 0.286 e. The van der Waals surface area contributed by atoms with E-state index < -0.39 is 10.1 Å². The van der Waals surface area contributed by atoms with Gasteiger partial charge >= 0.3 is 0 Å². The monoisotopic (exact) mass is 258 g/mol. The van der Waals surface area contributed by atoms with Crippen LogP contribution in [0, 0.1) is 11.3 Å². The first-order chi connectivity index (χ1) is 8.01. The van der Waals surface area contributed by atoms with Crippen molar-refractivity contribution in [2.45, 2.75) is 32.4 Å². The van der Waals surface area contributed by atoms with Crippen LogP contribution in [-0.2, 0) is 23.2 Å². The number of nitrogens with zero attached hydrogens (tertiary/aromatic N) is 3. The van der Waals surface area contributed by atoms with E-state index in [1.165, 1.54) is 0 Å². The molecule has 0 aliphatic carbocycles. The molecule has 1 aromatic heterocycles. The number of hydrogen-bond donors (Lipinski definition) is 1. The normalized spacial score (nSPS) is 11.3. The van der Waals surface area contributed by atoms with Crippen LogP contribution in [0.2, 0.25) is 0 Å². The van der Waals surface area contributed by atoms with Crippen LogP contribution in [0.3, 0.4) is 0 Å². The summed E-state index contributed by atoms with van der Waals surface area (Å²) >= 11 is 0. The molecule has 1 rings (SSSR count). The number of nitriles is 1. The summed E-state index contributed by atoms with van der Waals surface area (Å²) in [7, 11) is -3.84. The summed E-state index contributed by atoms with van der Waals surface area (Å²) < 4.78 is 33.3. The summed E-state index contributed by atoms with van der Waals surface area (Å²) in [5.41, 5.74) is 0. The fourth-order valence-corrected chi connectivity index (χ4v) is 2.03. The molecule has 0 aliphatic rings. The molecule has 0 bridgehead atoms. The van der Waals surface area contributed by atoms with Crippen molar-refractivity contribution in [1.29, 1.82) is 5.26 Å². The van der Waals surface area contributed by atoms with Gasteiger partial charge < -0.3 is 0 Å². The van der Waals surface area contributed by atoms with Gasteiger partial charge in [0, 0.05) is 0 Å². The molecule has 0 spiro atoms. The van der Waals surface area contributed by atoms with Crippen molar-refractivity contribution in [2.24, 2.45) is 0 Å². The van der Waals surface area contributed by atoms with Gasteiger partial charge in [0.2, 0.25) is 6.33 Å². The highest BCUT2D eigenvalue weighted by molar-refractivity contribution is 7.85. The van der Waals surface area contributed by atoms with Gasteiger partial charge in [0.15, 0.2) is 0 Å². The van der Waals surface area contributed by atoms with E-state index in [0.29, 0.717) is 32.4 Å². The van der Waals surface area contributed by atoms with Gasteiger partial charge in [0.1, 0.15) is 18.9 Å². The van der Waals surface area contributed by atoms with Crippen molar-refractivity contribution >= 4 is 10.1 Å². The summed E-state index contributed by atoms with van der Waals surface area (Å²) in [5, 5.41) is 8.43. The Labute approximate surface area is 101 Å². The zero-order chi connectivity index (χ0) is 12.7. The van der Waals surface area contributed by atoms with Crippen molar-refractivity contribution in [2.75, 3.05) is 5.75 Å². The van der Waals surface area contributed by atoms with E-state index in [1.807, 2.05) is 27.9 Å². The second-order valence-corrected chi connectivity index (χ2v) is 5.36. The van der Waals surface area contributed by atoms with Crippen molar-refractivity contribution in [3.8, 4) is 6.07 Å². The standard InChI is InChI=1S/C10H15N3O3S/c11-4-3-6-13-8-7-12(10-13)5-1-2-9-17(14,15)16/h7-8,10H,1-3,5-6,9H2/p+1. The molecule has 0 saturated carbocycles. The molecule has 1 heterocycles. The molecular formula is C10H16N3O3S+. The van der Waals surface area contributed by atoms with Gasteiger partial charge in [0.05, 0.1) is 24.8 Å². The molecule has 0 amide bonds. The van der Waals surface area contributed by atoms with Gasteiger partial charge in [-0.1, -0.05) is 0 Å². The number of rotatable bonds is 7. The number of unbranched alkanes of at least 4 members (excludes halogenated alkanes) is 1. The van der Waals surface area contributed by atoms with Gasteiger partial charge in [0.25, 0.3) is 10.1 Å². The molecular weight excluding hydrogens is 242 g/mol. The molecule has 0 radical (unpaired) electrons. The molecule has 94 valence electrons. The summed E-state index contributed by atoms with van der Waals surface area (Å²) in [6.45, 7) is 1.36. The lowest BCUT2D eigenvalue weighted by molar-refractivity contribution is -0.695. The molecule has 1 N–H and O–H groups in total. The molecule has 0 saturated heterocycles. The molecule has 0 fully saturated rings. The molecule has 7 heteroatoms. The highest BCUT2D eigenvalue weighted by Crippen LogP contribution is 1.97. The van der Waals surface area contributed by atoms with E-state index in [4.69, 9.17) is 9.81 Å². The van der Waals surface area contributed by atoms with Crippen LogP contribution in [0.4, 0.5) is 0 Å². The van der Waals surface area contributed by atoms with E-state index in [9.17, 15) is 8.42 Å². The van der Waals surface area contributed by atoms with Gasteiger partial charge in [-0.2, -0.15) is 13.7 Å². The van der Waals surface area contributed by atoms with Crippen LogP contribution in [0.15, 0.2) is 18.7 Å². The maximum Gasteiger partial charge on any atom is 0.264 e. The smallest absolute Gasteiger partial charge is 0.264 e. The van der Waals surface area contributed by atoms with Crippen LogP contribution in [0.25, 0.3) is 0 Å². The molecule has 6 nitrogen and oxygen atoms in total. The Bertz CT molecular complexity index is 487. The summed E-state index contributed by atoms with van der Waals surface area (Å²) in [5.74, 6) is -0.192. The molecule has 0 aromatic carbocycles. The Morgan fingerprint density at radius 2 is 2.18 bits per heavy atom. The van der Waals surface area contributed by atoms with Crippen LogP contribution in [-0.4, -0.2) is 23.3 Å². The summed E-state index contributed by atoms with van der Waals surface area (Å²) in [4.78, 5) is 0. The fraction of sp³-hybridized carbons (Fsp3) is 0.600. The second kappa shape index (κ2) is 6.37. The number of aryl methyl sites for hydroxylation is 2. The van der Waals surface area contributed by atoms with Crippen LogP contribution in [0.1, 0.15) is 19.3 Å². The minimum atomic E-state index is -3.84. The third kappa shape index (κ3) is 6.04. The average Bonchev–Trinajstić information content (AvgIpc) is 2.68. The fourth-order valence-electron chi connectivity index (χ4n) is 1.46. The van der Waals surface area contributed by atoms with Crippen molar-refractivity contribution in [1.82, 2.24) is 4.57 Å². The van der Waals surface area contributed by atoms with Crippen molar-refractivity contribution in [3.63, 3.8) is 0 Å². The molecule has 0 unspecified atom stereocenters. The Hall–Kier alpha value is -1.39. The lowest BCUT2D eigenvalue weighted by Gasteiger charge is -1.96. The van der Waals surface area contributed by atoms with E-state index in [-0.39, 0.29) is 5.75 Å². The zero-order valence-corrected chi connectivity index (χ0v) is 10.3. The highest BCUT2D eigenvalue weighted by atomic mass is 32.2. The van der Waals surface area contributed by atoms with Gasteiger partial charge in [-0.25, -0.2) is 9.13 Å². The van der Waals surface area contributed by atoms with Gasteiger partial charge in [-0.3, -0.25) is 4.55 Å². The first-order valence-electron chi connectivity index (χ1n) is 5.38. The number of imidazole rings is 1. The van der Waals surface area contributed by atoms with E-state index in [2.05, 4.69) is 6.07 Å². The average molecular weight is 258 g/mol. The van der Waals surface area contributed by atoms with Gasteiger partial charge in [-0.15, -0.1) is 0 Å². The quantitative estimate of drug-likeness (QED) is 0.434. The summed E-state index contributed by atoms with van der Waals surface area (Å²) in [6.07, 6.45) is 7.23. The van der Waals surface area contributed by atoms with Crippen molar-refractivity contribution in [3.05, 3.63) is 18.7 Å². The number of hydrogen-bond acceptors (Lipinski definition) is 3. The maximum atomic E-state index is 10.5. The van der Waals surface area contributed by atoms with E-state index in [1.54, 1.807) is 0 Å². The second-order valence-electron chi connectivity index (χ2n) is 3.79. The first kappa shape index (κ1) is 13.7. The predicted molar refractivity (Wildman–Crippen MR) is 60.5 cm³/mol. The van der Waals surface area contributed by atoms with Crippen LogP contribution in [0.5, 0.6) is 0 Å². The predicted octanol–water partition coefficient (Wildman–Crippen LogP) is 0.357. The highest BCUT2D eigenvalue weighted by Gasteiger charge is 2.06. The maximum absolute atomic E-state index is 10.5. The van der Waals surface area contributed by atoms with Crippen LogP contribution >= 0.6 is 0 Å². The Morgan fingerprint density at radius 1 is 1.41 bits per heavy atom. The Morgan fingerprint density at radius 3 is 2.82 bits per heavy atom. The Kier molecular flexibility index (Phi) is 5.12. The van der Waals surface area contributed by atoms with Crippen LogP contribution < -0.4 is 4.57 Å². The molecule has 1 aromatic rings. The Balaban J connectivity index is 2.28. The number of aromatic nitrogens is 2. The van der Waals surface area contributed by atoms with E-state index >= 15 is 0 Å². The molecule has 0 aliphatic heterocycles. The van der Waals surface area contributed by atoms with Gasteiger partial charge in [-0.05, 0) is 12.8 Å². The lowest BCUT2D eigenvalue weighted by Crippen LogP contribution is -2.30. The minimum absolute atomic E-state index is 0.192. The third-order valence-electron chi connectivity index (χ3n) is 2.30. The minimum Gasteiger partial charge on any atom is -0.286 e. The zero-order valence-electron chi connectivity index (χ0n) is 9.49. The lowest BCUT2D eigenvalue weighted by atomic mass is 10.3. The van der Waals surface area contributed by atoms with Crippen molar-refractivity contribution < 1.29 is 17.5 Å².